The molecule has 0 atom stereocenters. The minimum absolute atomic E-state index is 0.0456. The number of carbonyl (C=O) groups excluding carboxylic acids is 1. The minimum Gasteiger partial charge on any atom is -0.481 e. The largest absolute Gasteiger partial charge is 0.481 e. The standard InChI is InChI=1S/C15H16N2O3S2/c1-10-4-2-3-5-11(10)15-17-12(8-22-15)14(20)16-6-7-21-9-13(18)19/h2-5,8H,6-7,9H2,1H3,(H,16,20)(H,18,19). The van der Waals surface area contributed by atoms with Gasteiger partial charge in [-0.05, 0) is 12.5 Å². The summed E-state index contributed by atoms with van der Waals surface area (Å²) in [5.41, 5.74) is 2.55. The maximum atomic E-state index is 12.0. The van der Waals surface area contributed by atoms with E-state index in [-0.39, 0.29) is 11.7 Å². The van der Waals surface area contributed by atoms with Crippen molar-refractivity contribution in [2.24, 2.45) is 0 Å². The number of hydrogen-bond donors (Lipinski definition) is 2. The van der Waals surface area contributed by atoms with E-state index in [0.717, 1.165) is 16.1 Å². The third-order valence-electron chi connectivity index (χ3n) is 2.87. The van der Waals surface area contributed by atoms with Crippen LogP contribution in [0.4, 0.5) is 0 Å². The highest BCUT2D eigenvalue weighted by Gasteiger charge is 2.12. The van der Waals surface area contributed by atoms with E-state index < -0.39 is 5.97 Å². The van der Waals surface area contributed by atoms with E-state index in [2.05, 4.69) is 10.3 Å². The van der Waals surface area contributed by atoms with E-state index in [1.54, 1.807) is 5.38 Å². The summed E-state index contributed by atoms with van der Waals surface area (Å²) in [6, 6.07) is 7.91. The van der Waals surface area contributed by atoms with Gasteiger partial charge in [0.2, 0.25) is 0 Å². The van der Waals surface area contributed by atoms with Crippen LogP contribution in [0.3, 0.4) is 0 Å². The van der Waals surface area contributed by atoms with Crippen LogP contribution in [0.1, 0.15) is 16.1 Å². The van der Waals surface area contributed by atoms with Crippen molar-refractivity contribution in [1.29, 1.82) is 0 Å². The Morgan fingerprint density at radius 3 is 2.86 bits per heavy atom. The first-order valence-corrected chi connectivity index (χ1v) is 8.70. The van der Waals surface area contributed by atoms with E-state index in [1.165, 1.54) is 23.1 Å². The molecule has 116 valence electrons. The highest BCUT2D eigenvalue weighted by molar-refractivity contribution is 7.99. The predicted molar refractivity (Wildman–Crippen MR) is 89.6 cm³/mol. The van der Waals surface area contributed by atoms with Crippen LogP contribution in [0.25, 0.3) is 10.6 Å². The molecule has 5 nitrogen and oxygen atoms in total. The van der Waals surface area contributed by atoms with E-state index in [0.29, 0.717) is 18.0 Å². The van der Waals surface area contributed by atoms with Gasteiger partial charge < -0.3 is 10.4 Å². The molecule has 0 aliphatic rings. The molecule has 7 heteroatoms. The molecule has 0 spiro atoms. The summed E-state index contributed by atoms with van der Waals surface area (Å²) in [6.45, 7) is 2.43. The van der Waals surface area contributed by atoms with Crippen molar-refractivity contribution >= 4 is 35.0 Å². The zero-order valence-corrected chi connectivity index (χ0v) is 13.7. The molecule has 0 bridgehead atoms. The number of carbonyl (C=O) groups is 2. The molecule has 2 rings (SSSR count). The van der Waals surface area contributed by atoms with Gasteiger partial charge in [-0.15, -0.1) is 23.1 Å². The van der Waals surface area contributed by atoms with E-state index in [9.17, 15) is 9.59 Å². The fourth-order valence-corrected chi connectivity index (χ4v) is 3.26. The molecule has 1 aromatic carbocycles. The number of rotatable bonds is 7. The van der Waals surface area contributed by atoms with Crippen LogP contribution < -0.4 is 5.32 Å². The highest BCUT2D eigenvalue weighted by atomic mass is 32.2. The van der Waals surface area contributed by atoms with Crippen molar-refractivity contribution in [3.05, 3.63) is 40.9 Å². The van der Waals surface area contributed by atoms with Crippen molar-refractivity contribution in [1.82, 2.24) is 10.3 Å². The van der Waals surface area contributed by atoms with Crippen molar-refractivity contribution in [2.75, 3.05) is 18.1 Å². The Balaban J connectivity index is 1.90. The number of carboxylic acid groups (broad SMARTS) is 1. The molecule has 1 heterocycles. The lowest BCUT2D eigenvalue weighted by atomic mass is 10.1. The Hall–Kier alpha value is -1.86. The van der Waals surface area contributed by atoms with Crippen molar-refractivity contribution < 1.29 is 14.7 Å². The van der Waals surface area contributed by atoms with Crippen LogP contribution in [0.5, 0.6) is 0 Å². The minimum atomic E-state index is -0.848. The molecule has 0 aliphatic heterocycles. The lowest BCUT2D eigenvalue weighted by Crippen LogP contribution is -2.26. The number of nitrogens with one attached hydrogen (secondary N) is 1. The van der Waals surface area contributed by atoms with Crippen LogP contribution in [0.15, 0.2) is 29.6 Å². The van der Waals surface area contributed by atoms with Crippen molar-refractivity contribution in [3.8, 4) is 10.6 Å². The fourth-order valence-electron chi connectivity index (χ4n) is 1.80. The third-order valence-corrected chi connectivity index (χ3v) is 4.69. The SMILES string of the molecule is Cc1ccccc1-c1nc(C(=O)NCCSCC(=O)O)cs1. The zero-order chi connectivity index (χ0) is 15.9. The van der Waals surface area contributed by atoms with Gasteiger partial charge in [0, 0.05) is 23.2 Å². The third kappa shape index (κ3) is 4.57. The summed E-state index contributed by atoms with van der Waals surface area (Å²) in [6.07, 6.45) is 0. The molecule has 0 saturated heterocycles. The molecule has 0 fully saturated rings. The Bertz CT molecular complexity index is 670. The number of thioether (sulfide) groups is 1. The molecular weight excluding hydrogens is 320 g/mol. The second-order valence-corrected chi connectivity index (χ2v) is 6.52. The molecule has 0 saturated carbocycles. The summed E-state index contributed by atoms with van der Waals surface area (Å²) in [5, 5.41) is 13.8. The van der Waals surface area contributed by atoms with Crippen molar-refractivity contribution in [2.45, 2.75) is 6.92 Å². The molecular formula is C15H16N2O3S2. The maximum absolute atomic E-state index is 12.0. The number of aliphatic carboxylic acids is 1. The Morgan fingerprint density at radius 1 is 1.36 bits per heavy atom. The predicted octanol–water partition coefficient (Wildman–Crippen LogP) is 2.67. The van der Waals surface area contributed by atoms with Gasteiger partial charge in [-0.2, -0.15) is 0 Å². The number of hydrogen-bond acceptors (Lipinski definition) is 5. The van der Waals surface area contributed by atoms with Crippen LogP contribution in [-0.4, -0.2) is 40.0 Å². The quantitative estimate of drug-likeness (QED) is 0.760. The average molecular weight is 336 g/mol. The molecule has 0 radical (unpaired) electrons. The number of carboxylic acids is 1. The normalized spacial score (nSPS) is 10.4. The van der Waals surface area contributed by atoms with Gasteiger partial charge in [0.15, 0.2) is 0 Å². The molecule has 1 amide bonds. The van der Waals surface area contributed by atoms with Gasteiger partial charge in [-0.3, -0.25) is 9.59 Å². The number of aromatic nitrogens is 1. The maximum Gasteiger partial charge on any atom is 0.313 e. The smallest absolute Gasteiger partial charge is 0.313 e. The molecule has 0 aliphatic carbocycles. The van der Waals surface area contributed by atoms with Crippen LogP contribution >= 0.6 is 23.1 Å². The number of thiazole rings is 1. The second kappa shape index (κ2) is 7.95. The van der Waals surface area contributed by atoms with E-state index >= 15 is 0 Å². The first kappa shape index (κ1) is 16.5. The Labute approximate surface area is 136 Å². The summed E-state index contributed by atoms with van der Waals surface area (Å²) >= 11 is 2.71. The Kier molecular flexibility index (Phi) is 5.97. The van der Waals surface area contributed by atoms with Gasteiger partial charge in [-0.1, -0.05) is 24.3 Å². The van der Waals surface area contributed by atoms with Crippen molar-refractivity contribution in [3.63, 3.8) is 0 Å². The summed E-state index contributed by atoms with van der Waals surface area (Å²) in [7, 11) is 0. The first-order chi connectivity index (χ1) is 10.6. The van der Waals surface area contributed by atoms with Gasteiger partial charge >= 0.3 is 5.97 Å². The summed E-state index contributed by atoms with van der Waals surface area (Å²) < 4.78 is 0. The highest BCUT2D eigenvalue weighted by Crippen LogP contribution is 2.26. The van der Waals surface area contributed by atoms with Crippen LogP contribution in [0.2, 0.25) is 0 Å². The number of nitrogens with zero attached hydrogens (tertiary/aromatic N) is 1. The molecule has 2 aromatic rings. The summed E-state index contributed by atoms with van der Waals surface area (Å²) in [5.74, 6) is -0.470. The molecule has 2 N–H and O–H groups in total. The number of amides is 1. The van der Waals surface area contributed by atoms with E-state index in [4.69, 9.17) is 5.11 Å². The number of aryl methyl sites for hydroxylation is 1. The second-order valence-electron chi connectivity index (χ2n) is 4.56. The van der Waals surface area contributed by atoms with Crippen LogP contribution in [0, 0.1) is 6.92 Å². The molecule has 1 aromatic heterocycles. The lowest BCUT2D eigenvalue weighted by molar-refractivity contribution is -0.133. The Morgan fingerprint density at radius 2 is 2.14 bits per heavy atom. The topological polar surface area (TPSA) is 79.3 Å². The summed E-state index contributed by atoms with van der Waals surface area (Å²) in [4.78, 5) is 26.7. The zero-order valence-electron chi connectivity index (χ0n) is 12.0. The van der Waals surface area contributed by atoms with Crippen LogP contribution in [-0.2, 0) is 4.79 Å². The first-order valence-electron chi connectivity index (χ1n) is 6.67. The molecule has 0 unspecified atom stereocenters. The van der Waals surface area contributed by atoms with Gasteiger partial charge in [0.25, 0.3) is 5.91 Å². The fraction of sp³-hybridized carbons (Fsp3) is 0.267. The molecule has 22 heavy (non-hydrogen) atoms. The van der Waals surface area contributed by atoms with E-state index in [1.807, 2.05) is 31.2 Å². The average Bonchev–Trinajstić information content (AvgIpc) is 2.96. The lowest BCUT2D eigenvalue weighted by Gasteiger charge is -2.02. The van der Waals surface area contributed by atoms with Gasteiger partial charge in [-0.25, -0.2) is 4.98 Å². The van der Waals surface area contributed by atoms with Gasteiger partial charge in [0.1, 0.15) is 10.7 Å². The number of benzene rings is 1. The monoisotopic (exact) mass is 336 g/mol. The van der Waals surface area contributed by atoms with Gasteiger partial charge in [0.05, 0.1) is 5.75 Å².